The van der Waals surface area contributed by atoms with Crippen molar-refractivity contribution in [2.45, 2.75) is 6.42 Å². The molecule has 1 unspecified atom stereocenters. The Kier molecular flexibility index (Phi) is 7.59. The summed E-state index contributed by atoms with van der Waals surface area (Å²) < 4.78 is 45.2. The molecule has 0 radical (unpaired) electrons. The molecule has 1 aliphatic heterocycles. The van der Waals surface area contributed by atoms with E-state index in [4.69, 9.17) is 16.2 Å². The first-order chi connectivity index (χ1) is 16.2. The molecule has 0 fully saturated rings. The molecule has 0 aromatic heterocycles. The number of rotatable bonds is 5. The SMILES string of the molecule is C#CCc1cccc2c1N=C(C=C(OC)c1ccccc1)[N+]2(C)c1ccccc1.F[B-](F)(F)F. The van der Waals surface area contributed by atoms with E-state index in [2.05, 4.69) is 55.4 Å². The van der Waals surface area contributed by atoms with Crippen LogP contribution in [-0.4, -0.2) is 27.2 Å². The second-order valence-electron chi connectivity index (χ2n) is 7.55. The summed E-state index contributed by atoms with van der Waals surface area (Å²) in [6, 6.07) is 26.7. The monoisotopic (exact) mass is 466 g/mol. The quantitative estimate of drug-likeness (QED) is 0.129. The second-order valence-corrected chi connectivity index (χ2v) is 7.55. The Hall–Kier alpha value is -3.83. The minimum absolute atomic E-state index is 0.453. The number of quaternary nitrogens is 1. The van der Waals surface area contributed by atoms with Gasteiger partial charge in [-0.05, 0) is 5.56 Å². The van der Waals surface area contributed by atoms with Crippen LogP contribution in [0.1, 0.15) is 11.1 Å². The van der Waals surface area contributed by atoms with E-state index >= 15 is 0 Å². The molecular formula is C26H23BF4N2O. The predicted octanol–water partition coefficient (Wildman–Crippen LogP) is 7.16. The summed E-state index contributed by atoms with van der Waals surface area (Å²) in [5.41, 5.74) is 5.26. The third-order valence-corrected chi connectivity index (χ3v) is 5.37. The van der Waals surface area contributed by atoms with Crippen molar-refractivity contribution in [3.8, 4) is 12.3 Å². The van der Waals surface area contributed by atoms with Gasteiger partial charge in [0.1, 0.15) is 17.1 Å². The molecule has 1 aliphatic rings. The molecule has 0 aliphatic carbocycles. The van der Waals surface area contributed by atoms with Gasteiger partial charge >= 0.3 is 7.25 Å². The van der Waals surface area contributed by atoms with Gasteiger partial charge in [-0.2, -0.15) is 4.99 Å². The number of hydrogen-bond donors (Lipinski definition) is 0. The third-order valence-electron chi connectivity index (χ3n) is 5.37. The molecule has 3 aromatic carbocycles. The van der Waals surface area contributed by atoms with Gasteiger partial charge in [-0.15, -0.1) is 12.3 Å². The molecule has 0 saturated heterocycles. The Bertz CT molecular complexity index is 1230. The van der Waals surface area contributed by atoms with Crippen molar-refractivity contribution in [1.82, 2.24) is 4.48 Å². The molecule has 1 heterocycles. The fourth-order valence-electron chi connectivity index (χ4n) is 3.80. The molecule has 174 valence electrons. The summed E-state index contributed by atoms with van der Waals surface area (Å²) in [5.74, 6) is 4.42. The van der Waals surface area contributed by atoms with Crippen LogP contribution in [0.25, 0.3) is 5.76 Å². The lowest BCUT2D eigenvalue weighted by atomic mass is 10.1. The summed E-state index contributed by atoms with van der Waals surface area (Å²) in [6.45, 7) is 0. The number of para-hydroxylation sites is 2. The molecule has 8 heteroatoms. The zero-order valence-corrected chi connectivity index (χ0v) is 18.8. The molecule has 1 atom stereocenters. The van der Waals surface area contributed by atoms with Gasteiger partial charge in [-0.25, -0.2) is 4.48 Å². The minimum atomic E-state index is -6.00. The Morgan fingerprint density at radius 3 is 2.12 bits per heavy atom. The largest absolute Gasteiger partial charge is 0.673 e. The summed E-state index contributed by atoms with van der Waals surface area (Å²) >= 11 is 0. The van der Waals surface area contributed by atoms with Crippen molar-refractivity contribution >= 4 is 35.9 Å². The molecule has 0 spiro atoms. The van der Waals surface area contributed by atoms with Crippen molar-refractivity contribution in [3.05, 3.63) is 96.1 Å². The van der Waals surface area contributed by atoms with Gasteiger partial charge in [-0.1, -0.05) is 60.7 Å². The van der Waals surface area contributed by atoms with Crippen molar-refractivity contribution in [2.75, 3.05) is 14.2 Å². The van der Waals surface area contributed by atoms with Crippen LogP contribution in [0.5, 0.6) is 0 Å². The highest BCUT2D eigenvalue weighted by Crippen LogP contribution is 2.47. The number of methoxy groups -OCH3 is 1. The van der Waals surface area contributed by atoms with E-state index in [-0.39, 0.29) is 0 Å². The smallest absolute Gasteiger partial charge is 0.496 e. The molecule has 4 rings (SSSR count). The van der Waals surface area contributed by atoms with E-state index in [1.807, 2.05) is 42.5 Å². The van der Waals surface area contributed by atoms with Gasteiger partial charge in [0, 0.05) is 30.2 Å². The molecule has 0 saturated carbocycles. The highest BCUT2D eigenvalue weighted by molar-refractivity contribution is 6.50. The van der Waals surface area contributed by atoms with E-state index in [0.29, 0.717) is 10.9 Å². The molecular weight excluding hydrogens is 443 g/mol. The van der Waals surface area contributed by atoms with Crippen LogP contribution in [-0.2, 0) is 11.2 Å². The number of benzene rings is 3. The van der Waals surface area contributed by atoms with Crippen LogP contribution in [0, 0.1) is 12.3 Å². The Labute approximate surface area is 196 Å². The van der Waals surface area contributed by atoms with Crippen LogP contribution in [0.2, 0.25) is 0 Å². The summed E-state index contributed by atoms with van der Waals surface area (Å²) in [6.07, 6.45) is 8.19. The fraction of sp³-hybridized carbons (Fsp3) is 0.115. The Morgan fingerprint density at radius 2 is 1.56 bits per heavy atom. The van der Waals surface area contributed by atoms with Crippen LogP contribution in [0.4, 0.5) is 34.3 Å². The first-order valence-corrected chi connectivity index (χ1v) is 10.4. The molecule has 34 heavy (non-hydrogen) atoms. The van der Waals surface area contributed by atoms with Gasteiger partial charge < -0.3 is 22.0 Å². The number of aliphatic imine (C=N–C) groups is 1. The van der Waals surface area contributed by atoms with Crippen LogP contribution in [0.15, 0.2) is 89.9 Å². The highest BCUT2D eigenvalue weighted by Gasteiger charge is 2.42. The summed E-state index contributed by atoms with van der Waals surface area (Å²) in [4.78, 5) is 5.05. The average molecular weight is 466 g/mol. The summed E-state index contributed by atoms with van der Waals surface area (Å²) in [5, 5.41) is 0. The number of likely N-dealkylation sites (N-methyl/N-ethyl adjacent to an activating group) is 1. The maximum Gasteiger partial charge on any atom is 0.673 e. The first kappa shape index (κ1) is 24.8. The van der Waals surface area contributed by atoms with E-state index in [0.717, 1.165) is 39.8 Å². The molecule has 3 aromatic rings. The predicted molar refractivity (Wildman–Crippen MR) is 132 cm³/mol. The lowest BCUT2D eigenvalue weighted by Gasteiger charge is -2.29. The Morgan fingerprint density at radius 1 is 0.971 bits per heavy atom. The zero-order chi connectivity index (χ0) is 24.8. The van der Waals surface area contributed by atoms with Crippen molar-refractivity contribution in [3.63, 3.8) is 0 Å². The number of ether oxygens (including phenoxy) is 1. The normalized spacial score (nSPS) is 17.1. The number of terminal acetylenes is 1. The van der Waals surface area contributed by atoms with Gasteiger partial charge in [0.2, 0.25) is 5.84 Å². The van der Waals surface area contributed by atoms with Crippen LogP contribution >= 0.6 is 0 Å². The third kappa shape index (κ3) is 5.56. The topological polar surface area (TPSA) is 21.6 Å². The number of fused-ring (bicyclic) bond motifs is 1. The zero-order valence-electron chi connectivity index (χ0n) is 18.8. The van der Waals surface area contributed by atoms with E-state index < -0.39 is 7.25 Å². The highest BCUT2D eigenvalue weighted by atomic mass is 19.5. The lowest BCUT2D eigenvalue weighted by molar-refractivity contribution is 0.368. The van der Waals surface area contributed by atoms with E-state index in [1.54, 1.807) is 7.11 Å². The summed E-state index contributed by atoms with van der Waals surface area (Å²) in [7, 11) is -2.15. The fourth-order valence-corrected chi connectivity index (χ4v) is 3.80. The van der Waals surface area contributed by atoms with Gasteiger partial charge in [0.25, 0.3) is 0 Å². The minimum Gasteiger partial charge on any atom is -0.496 e. The number of nitrogens with zero attached hydrogens (tertiary/aromatic N) is 2. The van der Waals surface area contributed by atoms with E-state index in [9.17, 15) is 17.3 Å². The average Bonchev–Trinajstić information content (AvgIpc) is 3.11. The Balaban J connectivity index is 0.000000588. The van der Waals surface area contributed by atoms with E-state index in [1.165, 1.54) is 0 Å². The van der Waals surface area contributed by atoms with Gasteiger partial charge in [-0.3, -0.25) is 0 Å². The molecule has 3 nitrogen and oxygen atoms in total. The molecule has 0 amide bonds. The maximum atomic E-state index is 9.75. The molecule has 0 bridgehead atoms. The van der Waals surface area contributed by atoms with Crippen LogP contribution in [0.3, 0.4) is 0 Å². The van der Waals surface area contributed by atoms with Gasteiger partial charge in [0.15, 0.2) is 5.69 Å². The number of hydrogen-bond acceptors (Lipinski definition) is 2. The van der Waals surface area contributed by atoms with Gasteiger partial charge in [0.05, 0.1) is 20.2 Å². The van der Waals surface area contributed by atoms with Crippen LogP contribution < -0.4 is 4.48 Å². The lowest BCUT2D eigenvalue weighted by Crippen LogP contribution is -2.42. The standard InChI is InChI=1S/C26H23N2O.BF4/c1-4-12-21-15-11-18-23-26(21)27-25(28(23,2)22-16-9-6-10-17-22)19-24(29-3)20-13-7-5-8-14-20;2-1(3,4)5/h1,5-11,13-19H,12H2,2-3H3;/q+1;-1. The number of amidine groups is 1. The second kappa shape index (κ2) is 10.4. The molecule has 0 N–H and O–H groups in total. The van der Waals surface area contributed by atoms with Crippen molar-refractivity contribution in [2.24, 2.45) is 4.99 Å². The number of halogens is 4. The first-order valence-electron chi connectivity index (χ1n) is 10.4. The van der Waals surface area contributed by atoms with Crippen molar-refractivity contribution < 1.29 is 22.0 Å². The maximum absolute atomic E-state index is 9.75. The van der Waals surface area contributed by atoms with Crippen molar-refractivity contribution in [1.29, 1.82) is 0 Å².